The molecule has 1 fully saturated rings. The SMILES string of the molecule is O=C1OC2CC(CO)CCC2(CO)OC(=O)c2ccc1cc2. The van der Waals surface area contributed by atoms with E-state index in [0.717, 1.165) is 0 Å². The van der Waals surface area contributed by atoms with Crippen molar-refractivity contribution in [2.24, 2.45) is 5.92 Å². The van der Waals surface area contributed by atoms with E-state index in [9.17, 15) is 19.8 Å². The smallest absolute Gasteiger partial charge is 0.338 e. The van der Waals surface area contributed by atoms with Crippen molar-refractivity contribution in [3.05, 3.63) is 35.4 Å². The minimum atomic E-state index is -1.24. The molecule has 6 heteroatoms. The fourth-order valence-electron chi connectivity index (χ4n) is 3.08. The topological polar surface area (TPSA) is 93.1 Å². The van der Waals surface area contributed by atoms with Crippen LogP contribution in [0.4, 0.5) is 0 Å². The fraction of sp³-hybridized carbons (Fsp3) is 0.500. The van der Waals surface area contributed by atoms with E-state index in [2.05, 4.69) is 0 Å². The zero-order chi connectivity index (χ0) is 15.7. The van der Waals surface area contributed by atoms with Gasteiger partial charge in [-0.3, -0.25) is 0 Å². The molecule has 3 atom stereocenters. The predicted octanol–water partition coefficient (Wildman–Crippen LogP) is 0.906. The summed E-state index contributed by atoms with van der Waals surface area (Å²) >= 11 is 0. The van der Waals surface area contributed by atoms with Gasteiger partial charge >= 0.3 is 11.9 Å². The Balaban J connectivity index is 2.01. The third-order valence-electron chi connectivity index (χ3n) is 4.54. The number of esters is 2. The Kier molecular flexibility index (Phi) is 3.88. The zero-order valence-electron chi connectivity index (χ0n) is 12.0. The molecule has 6 nitrogen and oxygen atoms in total. The van der Waals surface area contributed by atoms with Crippen LogP contribution in [0.3, 0.4) is 0 Å². The van der Waals surface area contributed by atoms with Crippen molar-refractivity contribution in [2.45, 2.75) is 31.0 Å². The highest BCUT2D eigenvalue weighted by molar-refractivity contribution is 5.94. The minimum Gasteiger partial charge on any atom is -0.454 e. The summed E-state index contributed by atoms with van der Waals surface area (Å²) < 4.78 is 11.0. The standard InChI is InChI=1S/C16H18O6/c17-8-10-5-6-16(9-18)13(7-10)21-14(19)11-1-3-12(4-2-11)15(20)22-16/h1-4,10,13,17-18H,5-9H2. The van der Waals surface area contributed by atoms with Gasteiger partial charge in [-0.05, 0) is 49.4 Å². The van der Waals surface area contributed by atoms with Crippen molar-refractivity contribution in [1.29, 1.82) is 0 Å². The van der Waals surface area contributed by atoms with E-state index in [1.807, 2.05) is 0 Å². The summed E-state index contributed by atoms with van der Waals surface area (Å²) in [5, 5.41) is 19.2. The van der Waals surface area contributed by atoms with Crippen LogP contribution in [-0.2, 0) is 9.47 Å². The van der Waals surface area contributed by atoms with Crippen molar-refractivity contribution in [1.82, 2.24) is 0 Å². The van der Waals surface area contributed by atoms with E-state index in [0.29, 0.717) is 30.4 Å². The highest BCUT2D eigenvalue weighted by atomic mass is 16.6. The Morgan fingerprint density at radius 3 is 2.32 bits per heavy atom. The van der Waals surface area contributed by atoms with Gasteiger partial charge in [0.2, 0.25) is 0 Å². The van der Waals surface area contributed by atoms with Crippen LogP contribution in [0, 0.1) is 5.92 Å². The normalized spacial score (nSPS) is 31.2. The molecule has 0 radical (unpaired) electrons. The number of hydrogen-bond donors (Lipinski definition) is 2. The summed E-state index contributed by atoms with van der Waals surface area (Å²) in [5.74, 6) is -1.11. The summed E-state index contributed by atoms with van der Waals surface area (Å²) in [6.07, 6.45) is 0.519. The quantitative estimate of drug-likeness (QED) is 0.789. The van der Waals surface area contributed by atoms with Gasteiger partial charge in [-0.25, -0.2) is 9.59 Å². The number of rotatable bonds is 2. The third kappa shape index (κ3) is 2.48. The molecule has 2 heterocycles. The first kappa shape index (κ1) is 15.0. The van der Waals surface area contributed by atoms with E-state index < -0.39 is 30.3 Å². The van der Waals surface area contributed by atoms with Gasteiger partial charge in [0.25, 0.3) is 0 Å². The molecule has 3 aliphatic rings. The van der Waals surface area contributed by atoms with Gasteiger partial charge in [0.05, 0.1) is 17.7 Å². The predicted molar refractivity (Wildman–Crippen MR) is 75.3 cm³/mol. The number of ether oxygens (including phenoxy) is 2. The molecule has 1 saturated carbocycles. The van der Waals surface area contributed by atoms with Crippen LogP contribution in [0.2, 0.25) is 0 Å². The number of carbonyl (C=O) groups excluding carboxylic acids is 2. The third-order valence-corrected chi connectivity index (χ3v) is 4.54. The van der Waals surface area contributed by atoms with Crippen LogP contribution in [0.25, 0.3) is 0 Å². The lowest BCUT2D eigenvalue weighted by atomic mass is 9.76. The van der Waals surface area contributed by atoms with Gasteiger partial charge in [0.1, 0.15) is 6.10 Å². The van der Waals surface area contributed by atoms with Gasteiger partial charge in [-0.15, -0.1) is 0 Å². The van der Waals surface area contributed by atoms with Gasteiger partial charge in [-0.2, -0.15) is 0 Å². The molecule has 0 aromatic heterocycles. The molecule has 2 aliphatic heterocycles. The molecular formula is C16H18O6. The van der Waals surface area contributed by atoms with Crippen molar-refractivity contribution in [3.63, 3.8) is 0 Å². The molecule has 0 saturated heterocycles. The maximum atomic E-state index is 12.3. The molecule has 2 bridgehead atoms. The molecule has 3 unspecified atom stereocenters. The lowest BCUT2D eigenvalue weighted by Crippen LogP contribution is -2.55. The highest BCUT2D eigenvalue weighted by Gasteiger charge is 2.49. The second kappa shape index (κ2) is 5.70. The van der Waals surface area contributed by atoms with Crippen molar-refractivity contribution >= 4 is 11.9 Å². The van der Waals surface area contributed by atoms with Crippen LogP contribution in [-0.4, -0.2) is 47.1 Å². The fourth-order valence-corrected chi connectivity index (χ4v) is 3.08. The van der Waals surface area contributed by atoms with E-state index in [1.165, 1.54) is 24.3 Å². The summed E-state index contributed by atoms with van der Waals surface area (Å²) in [7, 11) is 0. The highest BCUT2D eigenvalue weighted by Crippen LogP contribution is 2.38. The molecule has 0 spiro atoms. The van der Waals surface area contributed by atoms with Gasteiger partial charge in [0, 0.05) is 6.61 Å². The van der Waals surface area contributed by atoms with Crippen LogP contribution in [0.5, 0.6) is 0 Å². The van der Waals surface area contributed by atoms with Crippen LogP contribution >= 0.6 is 0 Å². The Labute approximate surface area is 127 Å². The number of aliphatic hydroxyl groups is 2. The first-order valence-corrected chi connectivity index (χ1v) is 7.34. The monoisotopic (exact) mass is 306 g/mol. The second-order valence-electron chi connectivity index (χ2n) is 5.91. The number of benzene rings is 1. The first-order valence-electron chi connectivity index (χ1n) is 7.34. The molecule has 1 aliphatic carbocycles. The first-order chi connectivity index (χ1) is 10.6. The number of carbonyl (C=O) groups is 2. The van der Waals surface area contributed by atoms with E-state index >= 15 is 0 Å². The zero-order valence-corrected chi connectivity index (χ0v) is 12.0. The van der Waals surface area contributed by atoms with Crippen LogP contribution in [0.1, 0.15) is 40.0 Å². The summed E-state index contributed by atoms with van der Waals surface area (Å²) in [5.41, 5.74) is -0.573. The molecule has 2 N–H and O–H groups in total. The Morgan fingerprint density at radius 2 is 1.73 bits per heavy atom. The van der Waals surface area contributed by atoms with Crippen molar-refractivity contribution < 1.29 is 29.3 Å². The molecular weight excluding hydrogens is 288 g/mol. The lowest BCUT2D eigenvalue weighted by Gasteiger charge is -2.43. The van der Waals surface area contributed by atoms with Crippen LogP contribution in [0.15, 0.2) is 24.3 Å². The number of aliphatic hydroxyl groups excluding tert-OH is 2. The summed E-state index contributed by atoms with van der Waals surface area (Å²) in [4.78, 5) is 24.5. The number of fused-ring (bicyclic) bond motifs is 4. The molecule has 118 valence electrons. The largest absolute Gasteiger partial charge is 0.454 e. The molecule has 4 rings (SSSR count). The summed E-state index contributed by atoms with van der Waals surface area (Å²) in [6.45, 7) is -0.456. The Hall–Kier alpha value is -1.92. The average Bonchev–Trinajstić information content (AvgIpc) is 2.56. The maximum Gasteiger partial charge on any atom is 0.338 e. The minimum absolute atomic E-state index is 0.0305. The van der Waals surface area contributed by atoms with E-state index in [4.69, 9.17) is 9.47 Å². The average molecular weight is 306 g/mol. The van der Waals surface area contributed by atoms with Crippen molar-refractivity contribution in [2.75, 3.05) is 13.2 Å². The summed E-state index contributed by atoms with van der Waals surface area (Å²) in [6, 6.07) is 6.03. The van der Waals surface area contributed by atoms with Gasteiger partial charge in [0.15, 0.2) is 5.60 Å². The molecule has 22 heavy (non-hydrogen) atoms. The van der Waals surface area contributed by atoms with E-state index in [1.54, 1.807) is 0 Å². The lowest BCUT2D eigenvalue weighted by molar-refractivity contribution is -0.148. The number of hydrogen-bond acceptors (Lipinski definition) is 6. The Bertz CT molecular complexity index is 581. The second-order valence-corrected chi connectivity index (χ2v) is 5.91. The molecule has 1 aromatic rings. The van der Waals surface area contributed by atoms with Crippen molar-refractivity contribution in [3.8, 4) is 0 Å². The maximum absolute atomic E-state index is 12.3. The van der Waals surface area contributed by atoms with E-state index in [-0.39, 0.29) is 12.5 Å². The van der Waals surface area contributed by atoms with Gasteiger partial charge in [-0.1, -0.05) is 0 Å². The Morgan fingerprint density at radius 1 is 1.09 bits per heavy atom. The molecule has 0 amide bonds. The van der Waals surface area contributed by atoms with Gasteiger partial charge < -0.3 is 19.7 Å². The molecule has 1 aromatic carbocycles. The van der Waals surface area contributed by atoms with Crippen LogP contribution < -0.4 is 0 Å².